The van der Waals surface area contributed by atoms with Crippen LogP contribution in [0.3, 0.4) is 0 Å². The molecule has 0 fully saturated rings. The second-order valence-corrected chi connectivity index (χ2v) is 8.09. The molecule has 0 atom stereocenters. The molecule has 0 saturated carbocycles. The van der Waals surface area contributed by atoms with Gasteiger partial charge in [0, 0.05) is 19.2 Å². The van der Waals surface area contributed by atoms with Gasteiger partial charge in [-0.25, -0.2) is 9.78 Å². The Bertz CT molecular complexity index is 1430. The van der Waals surface area contributed by atoms with Gasteiger partial charge in [-0.1, -0.05) is 48.0 Å². The summed E-state index contributed by atoms with van der Waals surface area (Å²) in [5, 5.41) is 0. The van der Waals surface area contributed by atoms with E-state index in [0.717, 1.165) is 21.3 Å². The fourth-order valence-corrected chi connectivity index (χ4v) is 3.91. The molecule has 4 aromatic rings. The zero-order valence-electron chi connectivity index (χ0n) is 18.9. The minimum absolute atomic E-state index is 0.232. The van der Waals surface area contributed by atoms with E-state index in [4.69, 9.17) is 4.74 Å². The van der Waals surface area contributed by atoms with E-state index in [9.17, 15) is 14.4 Å². The molecule has 170 valence electrons. The van der Waals surface area contributed by atoms with Gasteiger partial charge in [0.15, 0.2) is 16.9 Å². The van der Waals surface area contributed by atoms with Gasteiger partial charge < -0.3 is 9.30 Å². The molecule has 2 aromatic carbocycles. The molecule has 0 aliphatic rings. The average Bonchev–Trinajstić information content (AvgIpc) is 3.24. The molecular weight excluding hydrogens is 420 g/mol. The highest BCUT2D eigenvalue weighted by molar-refractivity contribution is 5.97. The number of carbonyl (C=O) groups is 1. The highest BCUT2D eigenvalue weighted by atomic mass is 16.5. The minimum Gasteiger partial charge on any atom is -0.383 e. The number of hydrogen-bond donors (Lipinski definition) is 0. The summed E-state index contributed by atoms with van der Waals surface area (Å²) in [7, 11) is 1.57. The van der Waals surface area contributed by atoms with Crippen molar-refractivity contribution < 1.29 is 9.53 Å². The number of aromatic nitrogens is 4. The van der Waals surface area contributed by atoms with Gasteiger partial charge in [0.25, 0.3) is 5.56 Å². The van der Waals surface area contributed by atoms with E-state index < -0.39 is 11.2 Å². The van der Waals surface area contributed by atoms with E-state index in [1.165, 1.54) is 10.9 Å². The van der Waals surface area contributed by atoms with E-state index >= 15 is 0 Å². The van der Waals surface area contributed by atoms with Crippen LogP contribution in [0.4, 0.5) is 0 Å². The second-order valence-electron chi connectivity index (χ2n) is 8.09. The van der Waals surface area contributed by atoms with Crippen molar-refractivity contribution in [2.45, 2.75) is 33.5 Å². The highest BCUT2D eigenvalue weighted by Crippen LogP contribution is 2.13. The van der Waals surface area contributed by atoms with Crippen LogP contribution in [0.25, 0.3) is 11.2 Å². The third kappa shape index (κ3) is 4.42. The lowest BCUT2D eigenvalue weighted by Crippen LogP contribution is -2.42. The largest absolute Gasteiger partial charge is 0.383 e. The number of benzene rings is 2. The highest BCUT2D eigenvalue weighted by Gasteiger charge is 2.21. The topological polar surface area (TPSA) is 88.1 Å². The molecule has 2 aromatic heterocycles. The zero-order chi connectivity index (χ0) is 23.5. The second kappa shape index (κ2) is 9.38. The Morgan fingerprint density at radius 3 is 2.52 bits per heavy atom. The molecule has 0 radical (unpaired) electrons. The lowest BCUT2D eigenvalue weighted by molar-refractivity contribution is 0.0968. The first-order valence-electron chi connectivity index (χ1n) is 10.7. The molecule has 8 heteroatoms. The number of ketones is 1. The molecule has 4 rings (SSSR count). The van der Waals surface area contributed by atoms with Crippen LogP contribution in [-0.2, 0) is 24.4 Å². The summed E-state index contributed by atoms with van der Waals surface area (Å²) in [5.74, 6) is -0.288. The average molecular weight is 447 g/mol. The molecular formula is C25H26N4O4. The van der Waals surface area contributed by atoms with Crippen LogP contribution in [-0.4, -0.2) is 38.2 Å². The monoisotopic (exact) mass is 446 g/mol. The van der Waals surface area contributed by atoms with Gasteiger partial charge in [0.05, 0.1) is 26.0 Å². The van der Waals surface area contributed by atoms with Crippen LogP contribution in [0.1, 0.15) is 27.0 Å². The number of nitrogens with zero attached hydrogens (tertiary/aromatic N) is 4. The Hall–Kier alpha value is -3.78. The molecule has 0 aliphatic carbocycles. The fraction of sp³-hybridized carbons (Fsp3) is 0.280. The SMILES string of the molecule is COCCn1cnc2c1c(=O)n(CC(=O)c1cc(C)ccc1C)c(=O)n2Cc1ccccc1. The number of rotatable bonds is 8. The first kappa shape index (κ1) is 22.4. The lowest BCUT2D eigenvalue weighted by Gasteiger charge is -2.13. The minimum atomic E-state index is -0.563. The van der Waals surface area contributed by atoms with Gasteiger partial charge in [0.1, 0.15) is 0 Å². The van der Waals surface area contributed by atoms with Gasteiger partial charge in [-0.05, 0) is 31.0 Å². The maximum atomic E-state index is 13.4. The van der Waals surface area contributed by atoms with Crippen LogP contribution in [0.5, 0.6) is 0 Å². The van der Waals surface area contributed by atoms with Gasteiger partial charge >= 0.3 is 5.69 Å². The summed E-state index contributed by atoms with van der Waals surface area (Å²) in [6.07, 6.45) is 1.53. The van der Waals surface area contributed by atoms with Crippen molar-refractivity contribution in [2.24, 2.45) is 0 Å². The molecule has 0 aliphatic heterocycles. The van der Waals surface area contributed by atoms with E-state index in [0.29, 0.717) is 24.4 Å². The van der Waals surface area contributed by atoms with Crippen molar-refractivity contribution in [3.8, 4) is 0 Å². The van der Waals surface area contributed by atoms with Gasteiger partial charge in [-0.15, -0.1) is 0 Å². The molecule has 2 heterocycles. The van der Waals surface area contributed by atoms with Crippen LogP contribution >= 0.6 is 0 Å². The maximum absolute atomic E-state index is 13.4. The van der Waals surface area contributed by atoms with Crippen LogP contribution in [0.15, 0.2) is 64.4 Å². The summed E-state index contributed by atoms with van der Waals surface area (Å²) >= 11 is 0. The summed E-state index contributed by atoms with van der Waals surface area (Å²) in [6, 6.07) is 15.0. The Kier molecular flexibility index (Phi) is 6.37. The smallest absolute Gasteiger partial charge is 0.333 e. The third-order valence-corrected chi connectivity index (χ3v) is 5.70. The number of fused-ring (bicyclic) bond motifs is 1. The summed E-state index contributed by atoms with van der Waals surface area (Å²) in [5.41, 5.74) is 2.60. The Balaban J connectivity index is 1.87. The molecule has 0 unspecified atom stereocenters. The summed E-state index contributed by atoms with van der Waals surface area (Å²) in [6.45, 7) is 4.40. The van der Waals surface area contributed by atoms with Gasteiger partial charge in [-0.2, -0.15) is 0 Å². The Labute approximate surface area is 190 Å². The normalized spacial score (nSPS) is 11.2. The maximum Gasteiger partial charge on any atom is 0.333 e. The molecule has 0 saturated heterocycles. The fourth-order valence-electron chi connectivity index (χ4n) is 3.91. The van der Waals surface area contributed by atoms with Crippen LogP contribution < -0.4 is 11.2 Å². The van der Waals surface area contributed by atoms with E-state index in [-0.39, 0.29) is 24.4 Å². The number of ether oxygens (including phenoxy) is 1. The number of imidazole rings is 1. The predicted octanol–water partition coefficient (Wildman–Crippen LogP) is 2.55. The van der Waals surface area contributed by atoms with E-state index in [2.05, 4.69) is 4.98 Å². The Morgan fingerprint density at radius 2 is 1.79 bits per heavy atom. The molecule has 0 spiro atoms. The molecule has 0 bridgehead atoms. The Morgan fingerprint density at radius 1 is 1.03 bits per heavy atom. The number of aryl methyl sites for hydroxylation is 2. The van der Waals surface area contributed by atoms with Crippen molar-refractivity contribution in [1.82, 2.24) is 18.7 Å². The molecule has 0 amide bonds. The van der Waals surface area contributed by atoms with Crippen molar-refractivity contribution >= 4 is 16.9 Å². The van der Waals surface area contributed by atoms with Crippen molar-refractivity contribution in [2.75, 3.05) is 13.7 Å². The van der Waals surface area contributed by atoms with Crippen LogP contribution in [0, 0.1) is 13.8 Å². The number of Topliss-reactive ketones (excluding diaryl/α,β-unsaturated/α-hetero) is 1. The first-order valence-corrected chi connectivity index (χ1v) is 10.7. The first-order chi connectivity index (χ1) is 15.9. The molecule has 0 N–H and O–H groups in total. The number of hydrogen-bond acceptors (Lipinski definition) is 5. The summed E-state index contributed by atoms with van der Waals surface area (Å²) in [4.78, 5) is 44.4. The van der Waals surface area contributed by atoms with Crippen molar-refractivity contribution in [3.05, 3.63) is 98.0 Å². The standard InChI is InChI=1S/C25H26N4O4/c1-17-9-10-18(2)20(13-17)21(30)15-29-24(31)22-23(26-16-27(22)11-12-33-3)28(25(29)32)14-19-7-5-4-6-8-19/h4-10,13,16H,11-12,14-15H2,1-3H3. The number of carbonyl (C=O) groups excluding carboxylic acids is 1. The number of methoxy groups -OCH3 is 1. The van der Waals surface area contributed by atoms with Crippen LogP contribution in [0.2, 0.25) is 0 Å². The molecule has 8 nitrogen and oxygen atoms in total. The zero-order valence-corrected chi connectivity index (χ0v) is 18.9. The van der Waals surface area contributed by atoms with Crippen molar-refractivity contribution in [3.63, 3.8) is 0 Å². The lowest BCUT2D eigenvalue weighted by atomic mass is 10.0. The van der Waals surface area contributed by atoms with Crippen molar-refractivity contribution in [1.29, 1.82) is 0 Å². The third-order valence-electron chi connectivity index (χ3n) is 5.70. The predicted molar refractivity (Wildman–Crippen MR) is 126 cm³/mol. The molecule has 33 heavy (non-hydrogen) atoms. The van der Waals surface area contributed by atoms with E-state index in [1.54, 1.807) is 17.7 Å². The quantitative estimate of drug-likeness (QED) is 0.388. The van der Waals surface area contributed by atoms with Gasteiger partial charge in [0.2, 0.25) is 0 Å². The van der Waals surface area contributed by atoms with E-state index in [1.807, 2.05) is 56.3 Å². The summed E-state index contributed by atoms with van der Waals surface area (Å²) < 4.78 is 9.28. The van der Waals surface area contributed by atoms with Gasteiger partial charge in [-0.3, -0.25) is 18.7 Å².